The summed E-state index contributed by atoms with van der Waals surface area (Å²) in [6, 6.07) is 0.766. The highest BCUT2D eigenvalue weighted by atomic mass is 32.2. The number of thioether (sulfide) groups is 1. The van der Waals surface area contributed by atoms with Crippen LogP contribution < -0.4 is 5.32 Å². The molecule has 2 unspecified atom stereocenters. The third-order valence-electron chi connectivity index (χ3n) is 2.72. The van der Waals surface area contributed by atoms with Crippen LogP contribution in [0.25, 0.3) is 0 Å². The monoisotopic (exact) mass is 199 g/mol. The van der Waals surface area contributed by atoms with Gasteiger partial charge in [0, 0.05) is 17.8 Å². The predicted molar refractivity (Wildman–Crippen MR) is 62.4 cm³/mol. The van der Waals surface area contributed by atoms with E-state index in [1.54, 1.807) is 0 Å². The third kappa shape index (κ3) is 4.19. The Morgan fingerprint density at radius 2 is 2.31 bits per heavy atom. The first kappa shape index (κ1) is 11.1. The maximum atomic E-state index is 3.59. The van der Waals surface area contributed by atoms with E-state index in [1.807, 2.05) is 11.8 Å². The molecular weight excluding hydrogens is 178 g/mol. The standard InChI is InChI=1S/C11H21NS/c1-3-4-8-12-10-6-5-7-11(9-10)13-2/h3-4,10-12H,5-9H2,1-2H3/b4-3+. The number of allylic oxidation sites excluding steroid dienone is 1. The van der Waals surface area contributed by atoms with E-state index >= 15 is 0 Å². The van der Waals surface area contributed by atoms with Gasteiger partial charge in [-0.2, -0.15) is 11.8 Å². The lowest BCUT2D eigenvalue weighted by Gasteiger charge is -2.28. The molecule has 2 atom stereocenters. The van der Waals surface area contributed by atoms with Crippen molar-refractivity contribution in [3.63, 3.8) is 0 Å². The summed E-state index contributed by atoms with van der Waals surface area (Å²) < 4.78 is 0. The van der Waals surface area contributed by atoms with Crippen LogP contribution in [-0.2, 0) is 0 Å². The third-order valence-corrected chi connectivity index (χ3v) is 3.81. The zero-order valence-corrected chi connectivity index (χ0v) is 9.57. The van der Waals surface area contributed by atoms with Crippen molar-refractivity contribution in [1.82, 2.24) is 5.32 Å². The van der Waals surface area contributed by atoms with Gasteiger partial charge in [-0.25, -0.2) is 0 Å². The Bertz CT molecular complexity index is 156. The summed E-state index contributed by atoms with van der Waals surface area (Å²) in [6.45, 7) is 3.12. The topological polar surface area (TPSA) is 12.0 Å². The van der Waals surface area contributed by atoms with Crippen molar-refractivity contribution in [2.24, 2.45) is 0 Å². The Morgan fingerprint density at radius 1 is 1.46 bits per heavy atom. The molecule has 1 aliphatic rings. The van der Waals surface area contributed by atoms with E-state index in [2.05, 4.69) is 30.6 Å². The molecule has 0 aromatic rings. The van der Waals surface area contributed by atoms with Gasteiger partial charge in [-0.15, -0.1) is 0 Å². The van der Waals surface area contributed by atoms with Gasteiger partial charge in [0.15, 0.2) is 0 Å². The second-order valence-electron chi connectivity index (χ2n) is 3.70. The molecule has 0 spiro atoms. The predicted octanol–water partition coefficient (Wildman–Crippen LogP) is 2.83. The highest BCUT2D eigenvalue weighted by molar-refractivity contribution is 7.99. The van der Waals surface area contributed by atoms with Gasteiger partial charge in [0.05, 0.1) is 0 Å². The number of hydrogen-bond acceptors (Lipinski definition) is 2. The van der Waals surface area contributed by atoms with Gasteiger partial charge in [0.1, 0.15) is 0 Å². The Hall–Kier alpha value is 0.0500. The quantitative estimate of drug-likeness (QED) is 0.699. The molecule has 1 fully saturated rings. The molecule has 1 rings (SSSR count). The van der Waals surface area contributed by atoms with E-state index in [1.165, 1.54) is 25.7 Å². The fraction of sp³-hybridized carbons (Fsp3) is 0.818. The minimum absolute atomic E-state index is 0.766. The van der Waals surface area contributed by atoms with E-state index in [0.717, 1.165) is 17.8 Å². The van der Waals surface area contributed by atoms with Crippen LogP contribution >= 0.6 is 11.8 Å². The summed E-state index contributed by atoms with van der Waals surface area (Å²) in [4.78, 5) is 0. The van der Waals surface area contributed by atoms with Crippen LogP contribution in [0, 0.1) is 0 Å². The van der Waals surface area contributed by atoms with Crippen LogP contribution in [0.2, 0.25) is 0 Å². The molecule has 1 nitrogen and oxygen atoms in total. The van der Waals surface area contributed by atoms with E-state index in [0.29, 0.717) is 0 Å². The zero-order chi connectivity index (χ0) is 9.52. The van der Waals surface area contributed by atoms with Crippen molar-refractivity contribution in [1.29, 1.82) is 0 Å². The molecule has 0 aromatic heterocycles. The minimum atomic E-state index is 0.766. The summed E-state index contributed by atoms with van der Waals surface area (Å²) in [5, 5.41) is 4.49. The van der Waals surface area contributed by atoms with Gasteiger partial charge in [-0.3, -0.25) is 0 Å². The average molecular weight is 199 g/mol. The molecule has 0 aromatic carbocycles. The van der Waals surface area contributed by atoms with Gasteiger partial charge >= 0.3 is 0 Å². The van der Waals surface area contributed by atoms with Gasteiger partial charge in [-0.1, -0.05) is 18.6 Å². The minimum Gasteiger partial charge on any atom is -0.310 e. The molecule has 0 heterocycles. The van der Waals surface area contributed by atoms with Gasteiger partial charge in [-0.05, 0) is 32.4 Å². The fourth-order valence-electron chi connectivity index (χ4n) is 1.90. The molecular formula is C11H21NS. The Kier molecular flexibility index (Phi) is 5.56. The second kappa shape index (κ2) is 6.50. The molecule has 0 aliphatic heterocycles. The van der Waals surface area contributed by atoms with E-state index in [4.69, 9.17) is 0 Å². The van der Waals surface area contributed by atoms with Crippen molar-refractivity contribution in [3.8, 4) is 0 Å². The first-order valence-corrected chi connectivity index (χ1v) is 6.53. The molecule has 76 valence electrons. The van der Waals surface area contributed by atoms with E-state index in [-0.39, 0.29) is 0 Å². The first-order valence-electron chi connectivity index (χ1n) is 5.24. The second-order valence-corrected chi connectivity index (χ2v) is 4.84. The molecule has 0 radical (unpaired) electrons. The zero-order valence-electron chi connectivity index (χ0n) is 8.75. The Balaban J connectivity index is 2.18. The van der Waals surface area contributed by atoms with Crippen molar-refractivity contribution in [2.45, 2.75) is 43.9 Å². The van der Waals surface area contributed by atoms with Crippen LogP contribution in [0.5, 0.6) is 0 Å². The molecule has 0 saturated heterocycles. The van der Waals surface area contributed by atoms with Gasteiger partial charge in [0.2, 0.25) is 0 Å². The highest BCUT2D eigenvalue weighted by Crippen LogP contribution is 2.26. The summed E-state index contributed by atoms with van der Waals surface area (Å²) in [5.41, 5.74) is 0. The van der Waals surface area contributed by atoms with Crippen LogP contribution in [0.15, 0.2) is 12.2 Å². The number of nitrogens with one attached hydrogen (secondary N) is 1. The Labute approximate surface area is 86.4 Å². The molecule has 1 saturated carbocycles. The molecule has 13 heavy (non-hydrogen) atoms. The largest absolute Gasteiger partial charge is 0.310 e. The van der Waals surface area contributed by atoms with E-state index in [9.17, 15) is 0 Å². The summed E-state index contributed by atoms with van der Waals surface area (Å²) in [7, 11) is 0. The first-order chi connectivity index (χ1) is 6.36. The molecule has 0 amide bonds. The summed E-state index contributed by atoms with van der Waals surface area (Å²) in [5.74, 6) is 0. The van der Waals surface area contributed by atoms with Gasteiger partial charge < -0.3 is 5.32 Å². The summed E-state index contributed by atoms with van der Waals surface area (Å²) in [6.07, 6.45) is 12.1. The smallest absolute Gasteiger partial charge is 0.0137 e. The normalized spacial score (nSPS) is 29.7. The Morgan fingerprint density at radius 3 is 3.00 bits per heavy atom. The lowest BCUT2D eigenvalue weighted by Crippen LogP contribution is -2.35. The van der Waals surface area contributed by atoms with Crippen molar-refractivity contribution < 1.29 is 0 Å². The lowest BCUT2D eigenvalue weighted by atomic mass is 9.95. The van der Waals surface area contributed by atoms with Crippen LogP contribution in [0.3, 0.4) is 0 Å². The summed E-state index contributed by atoms with van der Waals surface area (Å²) >= 11 is 2.03. The fourth-order valence-corrected chi connectivity index (χ4v) is 2.72. The molecule has 1 aliphatic carbocycles. The van der Waals surface area contributed by atoms with Crippen LogP contribution in [0.1, 0.15) is 32.6 Å². The molecule has 1 N–H and O–H groups in total. The van der Waals surface area contributed by atoms with Gasteiger partial charge in [0.25, 0.3) is 0 Å². The molecule has 2 heteroatoms. The van der Waals surface area contributed by atoms with Crippen molar-refractivity contribution >= 4 is 11.8 Å². The SMILES string of the molecule is C/C=C/CNC1CCCC(SC)C1. The highest BCUT2D eigenvalue weighted by Gasteiger charge is 2.19. The van der Waals surface area contributed by atoms with Crippen molar-refractivity contribution in [3.05, 3.63) is 12.2 Å². The maximum absolute atomic E-state index is 3.59. The maximum Gasteiger partial charge on any atom is 0.0137 e. The number of rotatable bonds is 4. The number of hydrogen-bond donors (Lipinski definition) is 1. The van der Waals surface area contributed by atoms with E-state index < -0.39 is 0 Å². The molecule has 0 bridgehead atoms. The van der Waals surface area contributed by atoms with Crippen molar-refractivity contribution in [2.75, 3.05) is 12.8 Å². The average Bonchev–Trinajstić information content (AvgIpc) is 2.19. The van der Waals surface area contributed by atoms with Crippen LogP contribution in [-0.4, -0.2) is 24.1 Å². The van der Waals surface area contributed by atoms with Crippen LogP contribution in [0.4, 0.5) is 0 Å². The lowest BCUT2D eigenvalue weighted by molar-refractivity contribution is 0.393.